The minimum absolute atomic E-state index is 0.116. The number of carbonyl (C=O) groups is 1. The second-order valence-corrected chi connectivity index (χ2v) is 8.58. The van der Waals surface area contributed by atoms with Gasteiger partial charge >= 0.3 is 0 Å². The van der Waals surface area contributed by atoms with E-state index in [0.717, 1.165) is 27.0 Å². The van der Waals surface area contributed by atoms with Gasteiger partial charge in [0.2, 0.25) is 5.06 Å². The molecule has 1 aliphatic carbocycles. The number of carbonyl (C=O) groups excluding carboxylic acids is 1. The van der Waals surface area contributed by atoms with Crippen LogP contribution in [0.2, 0.25) is 0 Å². The van der Waals surface area contributed by atoms with Gasteiger partial charge in [0, 0.05) is 42.0 Å². The molecule has 6 nitrogen and oxygen atoms in total. The van der Waals surface area contributed by atoms with Crippen molar-refractivity contribution in [3.05, 3.63) is 83.5 Å². The van der Waals surface area contributed by atoms with E-state index in [1.54, 1.807) is 36.7 Å². The average molecular weight is 443 g/mol. The third-order valence-corrected chi connectivity index (χ3v) is 6.27. The monoisotopic (exact) mass is 442 g/mol. The van der Waals surface area contributed by atoms with Crippen molar-refractivity contribution in [2.45, 2.75) is 18.8 Å². The Morgan fingerprint density at radius 1 is 1.06 bits per heavy atom. The molecule has 2 heterocycles. The molecule has 0 unspecified atom stereocenters. The summed E-state index contributed by atoms with van der Waals surface area (Å²) in [5.74, 6) is 1.79. The van der Waals surface area contributed by atoms with Crippen LogP contribution in [0.15, 0.2) is 72.9 Å². The third kappa shape index (κ3) is 4.48. The van der Waals surface area contributed by atoms with Gasteiger partial charge in [-0.3, -0.25) is 4.79 Å². The SMILES string of the molecule is CNC(=O)c1ccc(Nc2cc(Oc3sc(C4CC4)nc3-c3ccccc3)ccn2)cc1. The van der Waals surface area contributed by atoms with E-state index >= 15 is 0 Å². The topological polar surface area (TPSA) is 76.1 Å². The minimum Gasteiger partial charge on any atom is -0.444 e. The van der Waals surface area contributed by atoms with Gasteiger partial charge in [0.1, 0.15) is 22.3 Å². The van der Waals surface area contributed by atoms with E-state index in [2.05, 4.69) is 27.8 Å². The molecule has 4 aromatic rings. The first-order valence-corrected chi connectivity index (χ1v) is 11.3. The molecule has 1 fully saturated rings. The summed E-state index contributed by atoms with van der Waals surface area (Å²) in [6.45, 7) is 0. The van der Waals surface area contributed by atoms with E-state index in [-0.39, 0.29) is 5.91 Å². The molecule has 2 N–H and O–H groups in total. The quantitative estimate of drug-likeness (QED) is 0.368. The highest BCUT2D eigenvalue weighted by Gasteiger charge is 2.29. The van der Waals surface area contributed by atoms with Crippen LogP contribution in [0.25, 0.3) is 11.3 Å². The lowest BCUT2D eigenvalue weighted by atomic mass is 10.2. The summed E-state index contributed by atoms with van der Waals surface area (Å²) in [6, 6.07) is 21.1. The number of aromatic nitrogens is 2. The van der Waals surface area contributed by atoms with E-state index in [0.29, 0.717) is 23.0 Å². The zero-order chi connectivity index (χ0) is 21.9. The van der Waals surface area contributed by atoms with Gasteiger partial charge < -0.3 is 15.4 Å². The van der Waals surface area contributed by atoms with E-state index in [4.69, 9.17) is 9.72 Å². The van der Waals surface area contributed by atoms with Crippen LogP contribution >= 0.6 is 11.3 Å². The van der Waals surface area contributed by atoms with E-state index in [1.807, 2.05) is 42.5 Å². The van der Waals surface area contributed by atoms with Crippen molar-refractivity contribution < 1.29 is 9.53 Å². The zero-order valence-electron chi connectivity index (χ0n) is 17.5. The Bertz CT molecular complexity index is 1230. The molecule has 0 bridgehead atoms. The van der Waals surface area contributed by atoms with Gasteiger partial charge in [-0.05, 0) is 43.2 Å². The number of rotatable bonds is 7. The molecule has 0 radical (unpaired) electrons. The summed E-state index contributed by atoms with van der Waals surface area (Å²) >= 11 is 1.62. The first-order chi connectivity index (χ1) is 15.7. The molecule has 5 rings (SSSR count). The summed E-state index contributed by atoms with van der Waals surface area (Å²) in [4.78, 5) is 21.0. The molecule has 0 spiro atoms. The fourth-order valence-electron chi connectivity index (χ4n) is 3.32. The number of nitrogens with zero attached hydrogens (tertiary/aromatic N) is 2. The number of pyridine rings is 1. The van der Waals surface area contributed by atoms with Crippen LogP contribution in [0.4, 0.5) is 11.5 Å². The first-order valence-electron chi connectivity index (χ1n) is 10.5. The predicted molar refractivity (Wildman–Crippen MR) is 127 cm³/mol. The van der Waals surface area contributed by atoms with Crippen LogP contribution < -0.4 is 15.4 Å². The summed E-state index contributed by atoms with van der Waals surface area (Å²) < 4.78 is 6.29. The molecule has 1 amide bonds. The maximum absolute atomic E-state index is 11.7. The highest BCUT2D eigenvalue weighted by molar-refractivity contribution is 7.14. The number of nitrogens with one attached hydrogen (secondary N) is 2. The number of hydrogen-bond donors (Lipinski definition) is 2. The lowest BCUT2D eigenvalue weighted by Gasteiger charge is -2.09. The Kier molecular flexibility index (Phi) is 5.56. The van der Waals surface area contributed by atoms with Gasteiger partial charge in [0.05, 0.1) is 0 Å². The maximum Gasteiger partial charge on any atom is 0.251 e. The van der Waals surface area contributed by atoms with Gasteiger partial charge in [0.25, 0.3) is 5.91 Å². The second kappa shape index (κ2) is 8.80. The number of benzene rings is 2. The lowest BCUT2D eigenvalue weighted by Crippen LogP contribution is -2.17. The minimum atomic E-state index is -0.116. The zero-order valence-corrected chi connectivity index (χ0v) is 18.4. The van der Waals surface area contributed by atoms with Crippen LogP contribution in [0.5, 0.6) is 10.8 Å². The van der Waals surface area contributed by atoms with Crippen molar-refractivity contribution in [3.63, 3.8) is 0 Å². The van der Waals surface area contributed by atoms with Crippen LogP contribution in [-0.2, 0) is 0 Å². The third-order valence-electron chi connectivity index (χ3n) is 5.17. The second-order valence-electron chi connectivity index (χ2n) is 7.59. The van der Waals surface area contributed by atoms with Crippen molar-refractivity contribution in [3.8, 4) is 22.1 Å². The van der Waals surface area contributed by atoms with Crippen molar-refractivity contribution >= 4 is 28.7 Å². The normalized spacial score (nSPS) is 12.9. The smallest absolute Gasteiger partial charge is 0.251 e. The Hall–Kier alpha value is -3.71. The van der Waals surface area contributed by atoms with Gasteiger partial charge in [-0.25, -0.2) is 9.97 Å². The number of thiazole rings is 1. The standard InChI is InChI=1S/C25H22N4O2S/c1-26-23(30)17-9-11-19(12-10-17)28-21-15-20(13-14-27-21)31-25-22(16-5-3-2-4-6-16)29-24(32-25)18-7-8-18/h2-6,9-15,18H,7-8H2,1H3,(H,26,30)(H,27,28). The molecule has 160 valence electrons. The van der Waals surface area contributed by atoms with Crippen LogP contribution in [0, 0.1) is 0 Å². The van der Waals surface area contributed by atoms with E-state index < -0.39 is 0 Å². The molecule has 0 atom stereocenters. The average Bonchev–Trinajstić information content (AvgIpc) is 3.60. The summed E-state index contributed by atoms with van der Waals surface area (Å²) in [7, 11) is 1.61. The molecule has 1 aliphatic rings. The Balaban J connectivity index is 1.37. The van der Waals surface area contributed by atoms with Crippen LogP contribution in [-0.4, -0.2) is 22.9 Å². The van der Waals surface area contributed by atoms with Crippen molar-refractivity contribution in [1.82, 2.24) is 15.3 Å². The molecule has 32 heavy (non-hydrogen) atoms. The maximum atomic E-state index is 11.7. The van der Waals surface area contributed by atoms with Crippen LogP contribution in [0.1, 0.15) is 34.1 Å². The van der Waals surface area contributed by atoms with Crippen molar-refractivity contribution in [2.75, 3.05) is 12.4 Å². The van der Waals surface area contributed by atoms with Gasteiger partial charge in [-0.15, -0.1) is 0 Å². The summed E-state index contributed by atoms with van der Waals surface area (Å²) in [5, 5.41) is 7.81. The molecule has 0 aliphatic heterocycles. The lowest BCUT2D eigenvalue weighted by molar-refractivity contribution is 0.0963. The van der Waals surface area contributed by atoms with Crippen LogP contribution in [0.3, 0.4) is 0 Å². The Morgan fingerprint density at radius 3 is 2.56 bits per heavy atom. The summed E-state index contributed by atoms with van der Waals surface area (Å²) in [6.07, 6.45) is 4.11. The largest absolute Gasteiger partial charge is 0.444 e. The molecular weight excluding hydrogens is 420 g/mol. The molecule has 2 aromatic heterocycles. The number of ether oxygens (including phenoxy) is 1. The number of hydrogen-bond acceptors (Lipinski definition) is 6. The Labute approximate surface area is 190 Å². The van der Waals surface area contributed by atoms with Crippen molar-refractivity contribution in [2.24, 2.45) is 0 Å². The van der Waals surface area contributed by atoms with Gasteiger partial charge in [-0.1, -0.05) is 41.7 Å². The van der Waals surface area contributed by atoms with Gasteiger partial charge in [-0.2, -0.15) is 0 Å². The fraction of sp³-hybridized carbons (Fsp3) is 0.160. The highest BCUT2D eigenvalue weighted by atomic mass is 32.1. The molecule has 7 heteroatoms. The number of anilines is 2. The Morgan fingerprint density at radius 2 is 1.84 bits per heavy atom. The summed E-state index contributed by atoms with van der Waals surface area (Å²) in [5.41, 5.74) is 3.37. The molecule has 1 saturated carbocycles. The van der Waals surface area contributed by atoms with E-state index in [1.165, 1.54) is 12.8 Å². The fourth-order valence-corrected chi connectivity index (χ4v) is 4.45. The van der Waals surface area contributed by atoms with Crippen molar-refractivity contribution in [1.29, 1.82) is 0 Å². The molecule has 0 saturated heterocycles. The van der Waals surface area contributed by atoms with Gasteiger partial charge in [0.15, 0.2) is 0 Å². The molecule has 2 aromatic carbocycles. The van der Waals surface area contributed by atoms with E-state index in [9.17, 15) is 4.79 Å². The first kappa shape index (κ1) is 20.2. The molecular formula is C25H22N4O2S. The highest BCUT2D eigenvalue weighted by Crippen LogP contribution is 2.48. The predicted octanol–water partition coefficient (Wildman–Crippen LogP) is 5.98. The number of amides is 1.